The number of carbonyl (C=O) groups excluding carboxylic acids is 1. The smallest absolute Gasteiger partial charge is 0.234 e. The molecule has 2 rings (SSSR count). The van der Waals surface area contributed by atoms with Crippen molar-refractivity contribution in [3.63, 3.8) is 0 Å². The molecule has 1 heterocycles. The molecule has 0 spiro atoms. The number of hydrogen-bond acceptors (Lipinski definition) is 3. The second-order valence-corrected chi connectivity index (χ2v) is 5.26. The molecule has 0 radical (unpaired) electrons. The largest absolute Gasteiger partial charge is 0.354 e. The first kappa shape index (κ1) is 12.8. The lowest BCUT2D eigenvalue weighted by molar-refractivity contribution is -0.120. The van der Waals surface area contributed by atoms with Crippen LogP contribution in [0.4, 0.5) is 0 Å². The van der Waals surface area contributed by atoms with E-state index in [0.29, 0.717) is 12.6 Å². The van der Waals surface area contributed by atoms with E-state index in [1.807, 2.05) is 0 Å². The lowest BCUT2D eigenvalue weighted by atomic mass is 10.2. The summed E-state index contributed by atoms with van der Waals surface area (Å²) in [5.74, 6) is 0.149. The molecular formula is C13H25N3O. The maximum atomic E-state index is 11.6. The van der Waals surface area contributed by atoms with Crippen LogP contribution < -0.4 is 10.6 Å². The van der Waals surface area contributed by atoms with Crippen molar-refractivity contribution in [2.24, 2.45) is 0 Å². The van der Waals surface area contributed by atoms with Crippen LogP contribution in [0.5, 0.6) is 0 Å². The molecule has 1 aliphatic carbocycles. The lowest BCUT2D eigenvalue weighted by Crippen LogP contribution is -2.40. The molecule has 0 bridgehead atoms. The first-order chi connectivity index (χ1) is 8.34. The third-order valence-electron chi connectivity index (χ3n) is 3.86. The van der Waals surface area contributed by atoms with Crippen molar-refractivity contribution in [2.75, 3.05) is 32.7 Å². The average Bonchev–Trinajstić information content (AvgIpc) is 2.99. The minimum atomic E-state index is 0.149. The first-order valence-corrected chi connectivity index (χ1v) is 7.07. The maximum absolute atomic E-state index is 11.6. The van der Waals surface area contributed by atoms with Gasteiger partial charge in [0, 0.05) is 19.1 Å². The summed E-state index contributed by atoms with van der Waals surface area (Å²) in [6.45, 7) is 4.71. The quantitative estimate of drug-likeness (QED) is 0.718. The normalized spacial score (nSPS) is 22.1. The van der Waals surface area contributed by atoms with Gasteiger partial charge in [-0.15, -0.1) is 0 Å². The number of nitrogens with one attached hydrogen (secondary N) is 2. The zero-order chi connectivity index (χ0) is 11.9. The van der Waals surface area contributed by atoms with Crippen molar-refractivity contribution in [3.05, 3.63) is 0 Å². The summed E-state index contributed by atoms with van der Waals surface area (Å²) >= 11 is 0. The summed E-state index contributed by atoms with van der Waals surface area (Å²) in [5, 5.41) is 6.32. The Labute approximate surface area is 104 Å². The van der Waals surface area contributed by atoms with Crippen molar-refractivity contribution in [1.29, 1.82) is 0 Å². The van der Waals surface area contributed by atoms with Crippen molar-refractivity contribution in [1.82, 2.24) is 15.5 Å². The number of rotatable bonds is 6. The molecule has 0 atom stereocenters. The van der Waals surface area contributed by atoms with E-state index in [9.17, 15) is 4.79 Å². The summed E-state index contributed by atoms with van der Waals surface area (Å²) in [6, 6.07) is 0.583. The molecule has 1 aliphatic heterocycles. The number of likely N-dealkylation sites (tertiary alicyclic amines) is 1. The second kappa shape index (κ2) is 6.97. The van der Waals surface area contributed by atoms with Gasteiger partial charge in [-0.2, -0.15) is 0 Å². The predicted molar refractivity (Wildman–Crippen MR) is 68.9 cm³/mol. The molecule has 0 aromatic rings. The molecule has 2 aliphatic rings. The van der Waals surface area contributed by atoms with Crippen LogP contribution in [0.25, 0.3) is 0 Å². The van der Waals surface area contributed by atoms with Gasteiger partial charge in [-0.25, -0.2) is 0 Å². The van der Waals surface area contributed by atoms with Crippen LogP contribution in [0, 0.1) is 0 Å². The fourth-order valence-corrected chi connectivity index (χ4v) is 2.79. The number of carbonyl (C=O) groups is 1. The van der Waals surface area contributed by atoms with E-state index in [1.165, 1.54) is 51.6 Å². The highest BCUT2D eigenvalue weighted by atomic mass is 16.1. The van der Waals surface area contributed by atoms with Crippen molar-refractivity contribution < 1.29 is 4.79 Å². The minimum Gasteiger partial charge on any atom is -0.354 e. The van der Waals surface area contributed by atoms with Crippen LogP contribution in [0.15, 0.2) is 0 Å². The lowest BCUT2D eigenvalue weighted by Gasteiger charge is -2.15. The summed E-state index contributed by atoms with van der Waals surface area (Å²) in [4.78, 5) is 14.0. The molecule has 2 N–H and O–H groups in total. The Bertz CT molecular complexity index is 233. The summed E-state index contributed by atoms with van der Waals surface area (Å²) in [6.07, 6.45) is 7.74. The minimum absolute atomic E-state index is 0.149. The van der Waals surface area contributed by atoms with Gasteiger partial charge in [-0.05, 0) is 38.8 Å². The molecule has 4 heteroatoms. The average molecular weight is 239 g/mol. The molecule has 1 saturated carbocycles. The Morgan fingerprint density at radius 2 is 1.82 bits per heavy atom. The fraction of sp³-hybridized carbons (Fsp3) is 0.923. The van der Waals surface area contributed by atoms with Crippen LogP contribution in [-0.4, -0.2) is 49.6 Å². The Hall–Kier alpha value is -0.610. The third-order valence-corrected chi connectivity index (χ3v) is 3.86. The van der Waals surface area contributed by atoms with Gasteiger partial charge in [0.2, 0.25) is 5.91 Å². The van der Waals surface area contributed by atoms with E-state index < -0.39 is 0 Å². The van der Waals surface area contributed by atoms with Gasteiger partial charge < -0.3 is 15.5 Å². The standard InChI is InChI=1S/C13H25N3O/c17-13(11-15-12-5-1-2-6-12)14-7-10-16-8-3-4-9-16/h12,15H,1-11H2,(H,14,17). The summed E-state index contributed by atoms with van der Waals surface area (Å²) in [7, 11) is 0. The van der Waals surface area contributed by atoms with E-state index >= 15 is 0 Å². The van der Waals surface area contributed by atoms with E-state index in [4.69, 9.17) is 0 Å². The van der Waals surface area contributed by atoms with Gasteiger partial charge in [0.05, 0.1) is 6.54 Å². The molecule has 98 valence electrons. The highest BCUT2D eigenvalue weighted by molar-refractivity contribution is 5.77. The Balaban J connectivity index is 1.48. The zero-order valence-electron chi connectivity index (χ0n) is 10.7. The SMILES string of the molecule is O=C(CNC1CCCC1)NCCN1CCCC1. The van der Waals surface area contributed by atoms with E-state index in [0.717, 1.165) is 13.1 Å². The Morgan fingerprint density at radius 3 is 2.53 bits per heavy atom. The Kier molecular flexibility index (Phi) is 5.26. The molecule has 17 heavy (non-hydrogen) atoms. The third kappa shape index (κ3) is 4.64. The van der Waals surface area contributed by atoms with E-state index in [2.05, 4.69) is 15.5 Å². The van der Waals surface area contributed by atoms with Gasteiger partial charge in [0.25, 0.3) is 0 Å². The van der Waals surface area contributed by atoms with Gasteiger partial charge in [0.1, 0.15) is 0 Å². The van der Waals surface area contributed by atoms with Crippen LogP contribution in [0.3, 0.4) is 0 Å². The van der Waals surface area contributed by atoms with Crippen molar-refractivity contribution in [2.45, 2.75) is 44.6 Å². The molecule has 2 fully saturated rings. The van der Waals surface area contributed by atoms with Gasteiger partial charge >= 0.3 is 0 Å². The molecule has 0 aromatic carbocycles. The zero-order valence-corrected chi connectivity index (χ0v) is 10.7. The predicted octanol–water partition coefficient (Wildman–Crippen LogP) is 0.731. The molecule has 1 saturated heterocycles. The molecule has 0 aromatic heterocycles. The topological polar surface area (TPSA) is 44.4 Å². The highest BCUT2D eigenvalue weighted by Crippen LogP contribution is 2.17. The molecule has 1 amide bonds. The van der Waals surface area contributed by atoms with Gasteiger partial charge in [0.15, 0.2) is 0 Å². The van der Waals surface area contributed by atoms with Crippen molar-refractivity contribution >= 4 is 5.91 Å². The van der Waals surface area contributed by atoms with Crippen LogP contribution in [-0.2, 0) is 4.79 Å². The second-order valence-electron chi connectivity index (χ2n) is 5.26. The molecule has 0 unspecified atom stereocenters. The highest BCUT2D eigenvalue weighted by Gasteiger charge is 2.15. The summed E-state index contributed by atoms with van der Waals surface area (Å²) in [5.41, 5.74) is 0. The van der Waals surface area contributed by atoms with E-state index in [-0.39, 0.29) is 5.91 Å². The number of nitrogens with zero attached hydrogens (tertiary/aromatic N) is 1. The van der Waals surface area contributed by atoms with Crippen LogP contribution in [0.2, 0.25) is 0 Å². The number of hydrogen-bond donors (Lipinski definition) is 2. The van der Waals surface area contributed by atoms with Gasteiger partial charge in [-0.1, -0.05) is 12.8 Å². The molecule has 4 nitrogen and oxygen atoms in total. The van der Waals surface area contributed by atoms with Gasteiger partial charge in [-0.3, -0.25) is 4.79 Å². The monoisotopic (exact) mass is 239 g/mol. The summed E-state index contributed by atoms with van der Waals surface area (Å²) < 4.78 is 0. The van der Waals surface area contributed by atoms with Crippen LogP contribution in [0.1, 0.15) is 38.5 Å². The fourth-order valence-electron chi connectivity index (χ4n) is 2.79. The molecular weight excluding hydrogens is 214 g/mol. The van der Waals surface area contributed by atoms with Crippen LogP contribution >= 0.6 is 0 Å². The number of amides is 1. The van der Waals surface area contributed by atoms with E-state index in [1.54, 1.807) is 0 Å². The maximum Gasteiger partial charge on any atom is 0.234 e. The first-order valence-electron chi connectivity index (χ1n) is 7.07. The van der Waals surface area contributed by atoms with Crippen molar-refractivity contribution in [3.8, 4) is 0 Å². The Morgan fingerprint density at radius 1 is 1.12 bits per heavy atom.